The largest absolute Gasteiger partial charge is 0.407 e. The van der Waals surface area contributed by atoms with E-state index in [1.165, 1.54) is 18.2 Å². The average Bonchev–Trinajstić information content (AvgIpc) is 2.21. The molecule has 100 valence electrons. The summed E-state index contributed by atoms with van der Waals surface area (Å²) in [6.45, 7) is -1.35. The highest BCUT2D eigenvalue weighted by molar-refractivity contribution is 7.80. The maximum Gasteiger partial charge on any atom is 0.407 e. The van der Waals surface area contributed by atoms with Crippen LogP contribution in [-0.4, -0.2) is 22.8 Å². The van der Waals surface area contributed by atoms with Crippen LogP contribution < -0.4 is 11.2 Å². The van der Waals surface area contributed by atoms with Crippen molar-refractivity contribution in [2.75, 3.05) is 11.9 Å². The minimum absolute atomic E-state index is 0.254. The van der Waals surface area contributed by atoms with Gasteiger partial charge >= 0.3 is 6.18 Å². The fraction of sp³-hybridized carbons (Fsp3) is 0.222. The van der Waals surface area contributed by atoms with Crippen LogP contribution in [0.3, 0.4) is 0 Å². The number of hydrogen-bond acceptors (Lipinski definition) is 2. The Morgan fingerprint density at radius 1 is 1.33 bits per heavy atom. The summed E-state index contributed by atoms with van der Waals surface area (Å²) >= 11 is 16.2. The first-order valence-corrected chi connectivity index (χ1v) is 5.70. The van der Waals surface area contributed by atoms with Gasteiger partial charge in [0.05, 0.1) is 10.0 Å². The Morgan fingerprint density at radius 2 is 1.94 bits per heavy atom. The molecular weight excluding hydrogens is 310 g/mol. The number of alkyl halides is 3. The summed E-state index contributed by atoms with van der Waals surface area (Å²) in [6, 6.07) is 4.43. The first kappa shape index (κ1) is 15.3. The molecule has 1 rings (SSSR count). The Bertz CT molecular complexity index is 453. The quantitative estimate of drug-likeness (QED) is 0.498. The molecule has 1 aromatic rings. The Labute approximate surface area is 117 Å². The second-order valence-electron chi connectivity index (χ2n) is 3.30. The van der Waals surface area contributed by atoms with Crippen molar-refractivity contribution in [1.82, 2.24) is 5.01 Å². The molecule has 0 atom stereocenters. The average molecular weight is 318 g/mol. The molecule has 0 amide bonds. The highest BCUT2D eigenvalue weighted by Gasteiger charge is 2.30. The van der Waals surface area contributed by atoms with Gasteiger partial charge in [0.2, 0.25) is 0 Å². The van der Waals surface area contributed by atoms with Gasteiger partial charge in [0.1, 0.15) is 6.54 Å². The third-order valence-electron chi connectivity index (χ3n) is 1.78. The van der Waals surface area contributed by atoms with Crippen LogP contribution in [0.1, 0.15) is 0 Å². The van der Waals surface area contributed by atoms with E-state index in [2.05, 4.69) is 5.32 Å². The first-order valence-electron chi connectivity index (χ1n) is 4.54. The van der Waals surface area contributed by atoms with Gasteiger partial charge in [0, 0.05) is 5.69 Å². The number of anilines is 1. The Kier molecular flexibility index (Phi) is 5.03. The normalized spacial score (nSPS) is 11.2. The molecule has 3 N–H and O–H groups in total. The minimum atomic E-state index is -4.43. The summed E-state index contributed by atoms with van der Waals surface area (Å²) in [5.74, 6) is 5.17. The lowest BCUT2D eigenvalue weighted by Gasteiger charge is -2.21. The van der Waals surface area contributed by atoms with E-state index >= 15 is 0 Å². The van der Waals surface area contributed by atoms with Gasteiger partial charge in [-0.3, -0.25) is 5.01 Å². The number of hydrogen-bond donors (Lipinski definition) is 2. The highest BCUT2D eigenvalue weighted by Crippen LogP contribution is 2.25. The molecule has 0 bridgehead atoms. The van der Waals surface area contributed by atoms with Crippen molar-refractivity contribution in [3.8, 4) is 0 Å². The van der Waals surface area contributed by atoms with Crippen LogP contribution in [0.5, 0.6) is 0 Å². The van der Waals surface area contributed by atoms with Crippen molar-refractivity contribution in [2.24, 2.45) is 5.84 Å². The number of nitrogens with zero attached hydrogens (tertiary/aromatic N) is 1. The van der Waals surface area contributed by atoms with Crippen molar-refractivity contribution >= 4 is 46.2 Å². The first-order chi connectivity index (χ1) is 8.19. The Balaban J connectivity index is 2.67. The van der Waals surface area contributed by atoms with Crippen LogP contribution in [-0.2, 0) is 0 Å². The molecular formula is C9H8Cl2F3N3S. The second-order valence-corrected chi connectivity index (χ2v) is 4.50. The van der Waals surface area contributed by atoms with Crippen molar-refractivity contribution in [3.63, 3.8) is 0 Å². The van der Waals surface area contributed by atoms with E-state index in [0.717, 1.165) is 0 Å². The monoisotopic (exact) mass is 317 g/mol. The second kappa shape index (κ2) is 5.92. The molecule has 0 aliphatic carbocycles. The third-order valence-corrected chi connectivity index (χ3v) is 2.86. The lowest BCUT2D eigenvalue weighted by atomic mass is 10.3. The minimum Gasteiger partial charge on any atom is -0.331 e. The zero-order valence-corrected chi connectivity index (χ0v) is 11.1. The van der Waals surface area contributed by atoms with Gasteiger partial charge in [0.25, 0.3) is 0 Å². The fourth-order valence-corrected chi connectivity index (χ4v) is 1.51. The van der Waals surface area contributed by atoms with Crippen LogP contribution >= 0.6 is 35.4 Å². The van der Waals surface area contributed by atoms with Crippen LogP contribution in [0.4, 0.5) is 18.9 Å². The summed E-state index contributed by atoms with van der Waals surface area (Å²) in [5.41, 5.74) is 0.395. The lowest BCUT2D eigenvalue weighted by molar-refractivity contribution is -0.137. The predicted octanol–water partition coefficient (Wildman–Crippen LogP) is 3.43. The van der Waals surface area contributed by atoms with E-state index in [0.29, 0.717) is 15.7 Å². The van der Waals surface area contributed by atoms with Gasteiger partial charge in [-0.1, -0.05) is 23.2 Å². The third kappa shape index (κ3) is 4.85. The van der Waals surface area contributed by atoms with Crippen molar-refractivity contribution < 1.29 is 13.2 Å². The molecule has 9 heteroatoms. The number of nitrogens with one attached hydrogen (secondary N) is 1. The molecule has 0 spiro atoms. The van der Waals surface area contributed by atoms with Crippen molar-refractivity contribution in [1.29, 1.82) is 0 Å². The van der Waals surface area contributed by atoms with Crippen LogP contribution in [0.25, 0.3) is 0 Å². The van der Waals surface area contributed by atoms with Gasteiger partial charge in [-0.05, 0) is 30.4 Å². The molecule has 1 aromatic carbocycles. The van der Waals surface area contributed by atoms with Crippen molar-refractivity contribution in [2.45, 2.75) is 6.18 Å². The van der Waals surface area contributed by atoms with Gasteiger partial charge < -0.3 is 5.32 Å². The lowest BCUT2D eigenvalue weighted by Crippen LogP contribution is -2.45. The zero-order valence-electron chi connectivity index (χ0n) is 8.76. The van der Waals surface area contributed by atoms with E-state index in [9.17, 15) is 13.2 Å². The zero-order chi connectivity index (χ0) is 13.9. The summed E-state index contributed by atoms with van der Waals surface area (Å²) in [5, 5.41) is 3.22. The molecule has 0 heterocycles. The number of hydrazine groups is 1. The van der Waals surface area contributed by atoms with E-state index in [1.54, 1.807) is 0 Å². The molecule has 0 aliphatic rings. The summed E-state index contributed by atoms with van der Waals surface area (Å²) in [6.07, 6.45) is -4.43. The number of rotatable bonds is 2. The SMILES string of the molecule is NN(CC(F)(F)F)C(=S)Nc1ccc(Cl)c(Cl)c1. The molecule has 0 saturated carbocycles. The van der Waals surface area contributed by atoms with Crippen LogP contribution in [0.15, 0.2) is 18.2 Å². The summed E-state index contributed by atoms with van der Waals surface area (Å²) in [4.78, 5) is 0. The van der Waals surface area contributed by atoms with Gasteiger partial charge in [-0.2, -0.15) is 13.2 Å². The molecule has 18 heavy (non-hydrogen) atoms. The molecule has 0 unspecified atom stereocenters. The Morgan fingerprint density at radius 3 is 2.44 bits per heavy atom. The molecule has 0 aromatic heterocycles. The molecule has 0 aliphatic heterocycles. The van der Waals surface area contributed by atoms with E-state index in [4.69, 9.17) is 41.3 Å². The highest BCUT2D eigenvalue weighted by atomic mass is 35.5. The predicted molar refractivity (Wildman–Crippen MR) is 69.6 cm³/mol. The number of benzene rings is 1. The Hall–Kier alpha value is -0.760. The number of thiocarbonyl (C=S) groups is 1. The van der Waals surface area contributed by atoms with Gasteiger partial charge in [-0.15, -0.1) is 0 Å². The molecule has 3 nitrogen and oxygen atoms in total. The van der Waals surface area contributed by atoms with E-state index in [1.807, 2.05) is 0 Å². The fourth-order valence-electron chi connectivity index (χ4n) is 1.03. The van der Waals surface area contributed by atoms with E-state index < -0.39 is 12.7 Å². The van der Waals surface area contributed by atoms with Gasteiger partial charge in [-0.25, -0.2) is 5.84 Å². The van der Waals surface area contributed by atoms with Gasteiger partial charge in [0.15, 0.2) is 5.11 Å². The van der Waals surface area contributed by atoms with Crippen LogP contribution in [0.2, 0.25) is 10.0 Å². The summed E-state index contributed by atoms with van der Waals surface area (Å²) in [7, 11) is 0. The molecule has 0 radical (unpaired) electrons. The van der Waals surface area contributed by atoms with E-state index in [-0.39, 0.29) is 10.1 Å². The number of halogens is 5. The topological polar surface area (TPSA) is 41.3 Å². The summed E-state index contributed by atoms with van der Waals surface area (Å²) < 4.78 is 36.2. The van der Waals surface area contributed by atoms with Crippen LogP contribution in [0, 0.1) is 0 Å². The molecule has 0 fully saturated rings. The standard InChI is InChI=1S/C9H8Cl2F3N3S/c10-6-2-1-5(3-7(6)11)16-8(18)17(15)4-9(12,13)14/h1-3H,4,15H2,(H,16,18). The number of nitrogens with two attached hydrogens (primary N) is 1. The maximum atomic E-state index is 12.1. The smallest absolute Gasteiger partial charge is 0.331 e. The molecule has 0 saturated heterocycles. The van der Waals surface area contributed by atoms with Crippen molar-refractivity contribution in [3.05, 3.63) is 28.2 Å². The maximum absolute atomic E-state index is 12.1.